The number of halogens is 1. The molecule has 3 fully saturated rings. The van der Waals surface area contributed by atoms with Gasteiger partial charge in [0.25, 0.3) is 0 Å². The molecule has 0 atom stereocenters. The van der Waals surface area contributed by atoms with E-state index in [0.717, 1.165) is 17.8 Å². The maximum Gasteiger partial charge on any atom is 0.0395 e. The standard InChI is InChI=1S/C19H33ClS/c20-21-19(16-10-4-1-5-11-16,17-12-6-2-7-13-17)18-14-8-3-9-15-18/h16-18H,1-15H2. The first kappa shape index (κ1) is 16.5. The van der Waals surface area contributed by atoms with Gasteiger partial charge in [-0.25, -0.2) is 0 Å². The molecule has 3 aliphatic carbocycles. The fraction of sp³-hybridized carbons (Fsp3) is 1.00. The van der Waals surface area contributed by atoms with E-state index in [-0.39, 0.29) is 0 Å². The Labute approximate surface area is 140 Å². The van der Waals surface area contributed by atoms with Gasteiger partial charge in [-0.1, -0.05) is 57.8 Å². The van der Waals surface area contributed by atoms with Crippen LogP contribution in [0.3, 0.4) is 0 Å². The fourth-order valence-corrected chi connectivity index (χ4v) is 8.07. The summed E-state index contributed by atoms with van der Waals surface area (Å²) < 4.78 is 0.433. The predicted molar refractivity (Wildman–Crippen MR) is 95.9 cm³/mol. The number of hydrogen-bond donors (Lipinski definition) is 0. The van der Waals surface area contributed by atoms with Crippen molar-refractivity contribution >= 4 is 21.7 Å². The van der Waals surface area contributed by atoms with E-state index in [0.29, 0.717) is 4.75 Å². The smallest absolute Gasteiger partial charge is 0.0395 e. The van der Waals surface area contributed by atoms with Crippen molar-refractivity contribution in [2.75, 3.05) is 0 Å². The third-order valence-electron chi connectivity index (χ3n) is 6.86. The predicted octanol–water partition coefficient (Wildman–Crippen LogP) is 7.35. The lowest BCUT2D eigenvalue weighted by Gasteiger charge is -2.53. The monoisotopic (exact) mass is 328 g/mol. The number of rotatable bonds is 4. The van der Waals surface area contributed by atoms with E-state index in [1.165, 1.54) is 96.3 Å². The molecule has 122 valence electrons. The summed E-state index contributed by atoms with van der Waals surface area (Å²) in [5.41, 5.74) is 0. The van der Waals surface area contributed by atoms with Crippen molar-refractivity contribution in [3.63, 3.8) is 0 Å². The lowest BCUT2D eigenvalue weighted by molar-refractivity contribution is 0.101. The Balaban J connectivity index is 1.85. The van der Waals surface area contributed by atoms with E-state index in [2.05, 4.69) is 0 Å². The summed E-state index contributed by atoms with van der Waals surface area (Å²) in [6, 6.07) is 0. The summed E-state index contributed by atoms with van der Waals surface area (Å²) in [6.45, 7) is 0. The average molecular weight is 329 g/mol. The maximum atomic E-state index is 6.74. The van der Waals surface area contributed by atoms with Crippen LogP contribution in [0.1, 0.15) is 96.3 Å². The molecule has 3 rings (SSSR count). The Morgan fingerprint density at radius 2 is 0.810 bits per heavy atom. The third kappa shape index (κ3) is 3.44. The van der Waals surface area contributed by atoms with Gasteiger partial charge in [-0.15, -0.1) is 0 Å². The van der Waals surface area contributed by atoms with Gasteiger partial charge in [0.1, 0.15) is 0 Å². The van der Waals surface area contributed by atoms with Crippen LogP contribution >= 0.6 is 21.7 Å². The SMILES string of the molecule is ClSC(C1CCCCC1)(C1CCCCC1)C1CCCCC1. The van der Waals surface area contributed by atoms with Crippen LogP contribution in [-0.4, -0.2) is 4.75 Å². The minimum absolute atomic E-state index is 0.433. The molecule has 21 heavy (non-hydrogen) atoms. The van der Waals surface area contributed by atoms with Crippen LogP contribution in [-0.2, 0) is 0 Å². The Bertz CT molecular complexity index is 253. The zero-order valence-corrected chi connectivity index (χ0v) is 15.2. The van der Waals surface area contributed by atoms with Crippen molar-refractivity contribution in [2.45, 2.75) is 101 Å². The molecule has 2 heteroatoms. The van der Waals surface area contributed by atoms with Crippen LogP contribution < -0.4 is 0 Å². The molecule has 3 saturated carbocycles. The minimum atomic E-state index is 0.433. The molecular weight excluding hydrogens is 296 g/mol. The van der Waals surface area contributed by atoms with E-state index in [1.54, 1.807) is 0 Å². The topological polar surface area (TPSA) is 0 Å². The quantitative estimate of drug-likeness (QED) is 0.519. The van der Waals surface area contributed by atoms with Crippen LogP contribution in [0.5, 0.6) is 0 Å². The molecule has 0 aromatic carbocycles. The molecule has 0 heterocycles. The highest BCUT2D eigenvalue weighted by Gasteiger charge is 2.51. The molecular formula is C19H33ClS. The van der Waals surface area contributed by atoms with E-state index in [9.17, 15) is 0 Å². The molecule has 0 aromatic rings. The Morgan fingerprint density at radius 3 is 1.05 bits per heavy atom. The summed E-state index contributed by atoms with van der Waals surface area (Å²) in [5.74, 6) is 2.75. The molecule has 0 N–H and O–H groups in total. The Hall–Kier alpha value is 0.640. The van der Waals surface area contributed by atoms with Crippen LogP contribution in [0.25, 0.3) is 0 Å². The summed E-state index contributed by atoms with van der Waals surface area (Å²) in [6.07, 6.45) is 22.0. The van der Waals surface area contributed by atoms with Gasteiger partial charge in [0.2, 0.25) is 0 Å². The largest absolute Gasteiger partial charge is 0.0533 e. The van der Waals surface area contributed by atoms with Crippen molar-refractivity contribution < 1.29 is 0 Å². The van der Waals surface area contributed by atoms with Crippen molar-refractivity contribution in [1.82, 2.24) is 0 Å². The molecule has 0 aromatic heterocycles. The van der Waals surface area contributed by atoms with Gasteiger partial charge in [0.05, 0.1) is 0 Å². The summed E-state index contributed by atoms with van der Waals surface area (Å²) >= 11 is 0. The van der Waals surface area contributed by atoms with Gasteiger partial charge in [-0.3, -0.25) is 0 Å². The first-order valence-corrected chi connectivity index (χ1v) is 11.3. The van der Waals surface area contributed by atoms with E-state index < -0.39 is 0 Å². The second kappa shape index (κ2) is 7.95. The molecule has 0 amide bonds. The van der Waals surface area contributed by atoms with Crippen LogP contribution in [0.2, 0.25) is 0 Å². The lowest BCUT2D eigenvalue weighted by atomic mass is 9.61. The van der Waals surface area contributed by atoms with Gasteiger partial charge >= 0.3 is 0 Å². The first-order chi connectivity index (χ1) is 10.4. The average Bonchev–Trinajstić information content (AvgIpc) is 2.59. The summed E-state index contributed by atoms with van der Waals surface area (Å²) in [7, 11) is 8.55. The maximum absolute atomic E-state index is 6.74. The van der Waals surface area contributed by atoms with Gasteiger partial charge in [-0.2, -0.15) is 0 Å². The van der Waals surface area contributed by atoms with E-state index in [1.807, 2.05) is 11.0 Å². The molecule has 0 spiro atoms. The van der Waals surface area contributed by atoms with Crippen molar-refractivity contribution in [1.29, 1.82) is 0 Å². The lowest BCUT2D eigenvalue weighted by Crippen LogP contribution is -2.49. The molecule has 0 radical (unpaired) electrons. The molecule has 0 saturated heterocycles. The highest BCUT2D eigenvalue weighted by Crippen LogP contribution is 2.58. The molecule has 0 aliphatic heterocycles. The first-order valence-electron chi connectivity index (χ1n) is 9.67. The fourth-order valence-electron chi connectivity index (χ4n) is 5.85. The third-order valence-corrected chi connectivity index (χ3v) is 8.93. The highest BCUT2D eigenvalue weighted by molar-refractivity contribution is 8.22. The van der Waals surface area contributed by atoms with Crippen LogP contribution in [0, 0.1) is 17.8 Å². The van der Waals surface area contributed by atoms with E-state index >= 15 is 0 Å². The number of hydrogen-bond acceptors (Lipinski definition) is 1. The zero-order valence-electron chi connectivity index (χ0n) is 13.6. The van der Waals surface area contributed by atoms with E-state index in [4.69, 9.17) is 10.7 Å². The minimum Gasteiger partial charge on any atom is -0.0533 e. The van der Waals surface area contributed by atoms with Crippen LogP contribution in [0.4, 0.5) is 0 Å². The van der Waals surface area contributed by atoms with Crippen molar-refractivity contribution in [2.24, 2.45) is 17.8 Å². The molecule has 0 nitrogen and oxygen atoms in total. The Kier molecular flexibility index (Phi) is 6.25. The Morgan fingerprint density at radius 1 is 0.524 bits per heavy atom. The van der Waals surface area contributed by atoms with Crippen molar-refractivity contribution in [3.05, 3.63) is 0 Å². The van der Waals surface area contributed by atoms with Gasteiger partial charge in [0, 0.05) is 4.75 Å². The van der Waals surface area contributed by atoms with Crippen LogP contribution in [0.15, 0.2) is 0 Å². The van der Waals surface area contributed by atoms with Crippen molar-refractivity contribution in [3.8, 4) is 0 Å². The zero-order chi connectivity index (χ0) is 14.5. The summed E-state index contributed by atoms with van der Waals surface area (Å²) in [4.78, 5) is 0. The highest BCUT2D eigenvalue weighted by atomic mass is 35.7. The molecule has 3 aliphatic rings. The normalized spacial score (nSPS) is 27.9. The van der Waals surface area contributed by atoms with Gasteiger partial charge < -0.3 is 0 Å². The second-order valence-electron chi connectivity index (χ2n) is 7.94. The van der Waals surface area contributed by atoms with Gasteiger partial charge in [0.15, 0.2) is 0 Å². The second-order valence-corrected chi connectivity index (χ2v) is 9.26. The molecule has 0 unspecified atom stereocenters. The summed E-state index contributed by atoms with van der Waals surface area (Å²) in [5, 5.41) is 0. The van der Waals surface area contributed by atoms with Gasteiger partial charge in [-0.05, 0) is 77.9 Å². The molecule has 0 bridgehead atoms.